The van der Waals surface area contributed by atoms with Gasteiger partial charge in [0.2, 0.25) is 0 Å². The molecule has 0 amide bonds. The van der Waals surface area contributed by atoms with E-state index in [1.807, 2.05) is 23.6 Å². The molecule has 0 saturated heterocycles. The van der Waals surface area contributed by atoms with Gasteiger partial charge in [0.05, 0.1) is 5.69 Å². The van der Waals surface area contributed by atoms with Crippen LogP contribution in [0.5, 0.6) is 0 Å². The van der Waals surface area contributed by atoms with Gasteiger partial charge in [-0.15, -0.1) is 11.3 Å². The first kappa shape index (κ1) is 12.6. The van der Waals surface area contributed by atoms with Crippen LogP contribution in [0.2, 0.25) is 0 Å². The molecule has 0 aliphatic rings. The predicted molar refractivity (Wildman–Crippen MR) is 72.6 cm³/mol. The Hall–Kier alpha value is -1.88. The SMILES string of the molecule is CC(C)(C(=O)O)c1nc(-c2cccc(N)c2)cs1. The fraction of sp³-hybridized carbons (Fsp3) is 0.231. The number of nitrogens with zero attached hydrogens (tertiary/aromatic N) is 1. The van der Waals surface area contributed by atoms with Gasteiger partial charge in [-0.05, 0) is 26.0 Å². The van der Waals surface area contributed by atoms with Gasteiger partial charge in [-0.3, -0.25) is 4.79 Å². The van der Waals surface area contributed by atoms with Crippen LogP contribution in [0.25, 0.3) is 11.3 Å². The van der Waals surface area contributed by atoms with E-state index in [0.29, 0.717) is 10.7 Å². The average molecular weight is 262 g/mol. The number of hydrogen-bond donors (Lipinski definition) is 2. The van der Waals surface area contributed by atoms with Crippen LogP contribution in [0.15, 0.2) is 29.6 Å². The highest BCUT2D eigenvalue weighted by molar-refractivity contribution is 7.10. The lowest BCUT2D eigenvalue weighted by molar-refractivity contribution is -0.142. The maximum absolute atomic E-state index is 11.2. The molecule has 18 heavy (non-hydrogen) atoms. The van der Waals surface area contributed by atoms with Gasteiger partial charge in [0.1, 0.15) is 10.4 Å². The standard InChI is InChI=1S/C13H14N2O2S/c1-13(2,12(16)17)11-15-10(7-18-11)8-4-3-5-9(14)6-8/h3-7H,14H2,1-2H3,(H,16,17). The van der Waals surface area contributed by atoms with Crippen molar-refractivity contribution in [2.45, 2.75) is 19.3 Å². The van der Waals surface area contributed by atoms with Crippen molar-refractivity contribution in [3.8, 4) is 11.3 Å². The second-order valence-corrected chi connectivity index (χ2v) is 5.45. The molecule has 2 rings (SSSR count). The van der Waals surface area contributed by atoms with Crippen molar-refractivity contribution >= 4 is 23.0 Å². The molecule has 0 aliphatic heterocycles. The van der Waals surface area contributed by atoms with E-state index in [1.54, 1.807) is 19.9 Å². The molecule has 1 aromatic heterocycles. The number of carboxylic acid groups (broad SMARTS) is 1. The van der Waals surface area contributed by atoms with Crippen molar-refractivity contribution in [1.82, 2.24) is 4.98 Å². The summed E-state index contributed by atoms with van der Waals surface area (Å²) in [6.07, 6.45) is 0. The number of nitrogen functional groups attached to an aromatic ring is 1. The number of anilines is 1. The quantitative estimate of drug-likeness (QED) is 0.834. The molecular formula is C13H14N2O2S. The van der Waals surface area contributed by atoms with Crippen LogP contribution < -0.4 is 5.73 Å². The van der Waals surface area contributed by atoms with E-state index in [0.717, 1.165) is 11.3 Å². The van der Waals surface area contributed by atoms with E-state index in [1.165, 1.54) is 11.3 Å². The molecule has 5 heteroatoms. The summed E-state index contributed by atoms with van der Waals surface area (Å²) >= 11 is 1.35. The van der Waals surface area contributed by atoms with Crippen molar-refractivity contribution in [3.63, 3.8) is 0 Å². The van der Waals surface area contributed by atoms with Gasteiger partial charge < -0.3 is 10.8 Å². The van der Waals surface area contributed by atoms with E-state index in [2.05, 4.69) is 4.98 Å². The van der Waals surface area contributed by atoms with Crippen LogP contribution in [0.4, 0.5) is 5.69 Å². The molecule has 0 radical (unpaired) electrons. The minimum atomic E-state index is -0.969. The highest BCUT2D eigenvalue weighted by atomic mass is 32.1. The highest BCUT2D eigenvalue weighted by Crippen LogP contribution is 2.31. The lowest BCUT2D eigenvalue weighted by Crippen LogP contribution is -2.28. The number of carboxylic acids is 1. The Morgan fingerprint density at radius 1 is 1.44 bits per heavy atom. The second-order valence-electron chi connectivity index (χ2n) is 4.59. The monoisotopic (exact) mass is 262 g/mol. The van der Waals surface area contributed by atoms with Crippen LogP contribution in [-0.4, -0.2) is 16.1 Å². The number of carbonyl (C=O) groups is 1. The number of nitrogens with two attached hydrogens (primary N) is 1. The van der Waals surface area contributed by atoms with E-state index in [4.69, 9.17) is 10.8 Å². The molecular weight excluding hydrogens is 248 g/mol. The van der Waals surface area contributed by atoms with Gasteiger partial charge in [0, 0.05) is 16.6 Å². The third kappa shape index (κ3) is 2.22. The summed E-state index contributed by atoms with van der Waals surface area (Å²) in [5.74, 6) is -0.879. The second kappa shape index (κ2) is 4.42. The zero-order valence-corrected chi connectivity index (χ0v) is 11.0. The molecule has 94 valence electrons. The maximum Gasteiger partial charge on any atom is 0.316 e. The third-order valence-corrected chi connectivity index (χ3v) is 3.92. The Labute approximate surface area is 109 Å². The lowest BCUT2D eigenvalue weighted by atomic mass is 9.95. The fourth-order valence-electron chi connectivity index (χ4n) is 1.48. The molecule has 4 nitrogen and oxygen atoms in total. The maximum atomic E-state index is 11.2. The van der Waals surface area contributed by atoms with E-state index in [-0.39, 0.29) is 0 Å². The predicted octanol–water partition coefficient (Wildman–Crippen LogP) is 2.75. The number of rotatable bonds is 3. The molecule has 0 saturated carbocycles. The Balaban J connectivity index is 2.40. The van der Waals surface area contributed by atoms with Crippen molar-refractivity contribution < 1.29 is 9.90 Å². The summed E-state index contributed by atoms with van der Waals surface area (Å²) in [5.41, 5.74) is 7.08. The number of benzene rings is 1. The van der Waals surface area contributed by atoms with Crippen LogP contribution in [-0.2, 0) is 10.2 Å². The fourth-order valence-corrected chi connectivity index (χ4v) is 2.43. The summed E-state index contributed by atoms with van der Waals surface area (Å²) < 4.78 is 0. The molecule has 0 aliphatic carbocycles. The Bertz CT molecular complexity index is 590. The Morgan fingerprint density at radius 3 is 2.78 bits per heavy atom. The molecule has 0 unspecified atom stereocenters. The Kier molecular flexibility index (Phi) is 3.09. The first-order valence-corrected chi connectivity index (χ1v) is 6.34. The van der Waals surface area contributed by atoms with Crippen molar-refractivity contribution in [2.75, 3.05) is 5.73 Å². The van der Waals surface area contributed by atoms with Gasteiger partial charge in [-0.1, -0.05) is 12.1 Å². The van der Waals surface area contributed by atoms with E-state index in [9.17, 15) is 4.79 Å². The third-order valence-electron chi connectivity index (χ3n) is 2.76. The number of aromatic nitrogens is 1. The molecule has 3 N–H and O–H groups in total. The first-order valence-electron chi connectivity index (χ1n) is 5.46. The highest BCUT2D eigenvalue weighted by Gasteiger charge is 2.32. The zero-order chi connectivity index (χ0) is 13.3. The molecule has 1 aromatic carbocycles. The van der Waals surface area contributed by atoms with Crippen molar-refractivity contribution in [2.24, 2.45) is 0 Å². The van der Waals surface area contributed by atoms with E-state index >= 15 is 0 Å². The van der Waals surface area contributed by atoms with Gasteiger partial charge in [0.25, 0.3) is 0 Å². The first-order chi connectivity index (χ1) is 8.41. The summed E-state index contributed by atoms with van der Waals surface area (Å²) in [7, 11) is 0. The van der Waals surface area contributed by atoms with Crippen molar-refractivity contribution in [3.05, 3.63) is 34.7 Å². The van der Waals surface area contributed by atoms with Gasteiger partial charge in [-0.25, -0.2) is 4.98 Å². The molecule has 0 spiro atoms. The Morgan fingerprint density at radius 2 is 2.17 bits per heavy atom. The van der Waals surface area contributed by atoms with Gasteiger partial charge >= 0.3 is 5.97 Å². The normalized spacial score (nSPS) is 11.4. The summed E-state index contributed by atoms with van der Waals surface area (Å²) in [6, 6.07) is 7.39. The molecule has 2 aromatic rings. The zero-order valence-electron chi connectivity index (χ0n) is 10.2. The molecule has 0 fully saturated rings. The summed E-state index contributed by atoms with van der Waals surface area (Å²) in [6.45, 7) is 3.30. The van der Waals surface area contributed by atoms with Crippen LogP contribution in [0.3, 0.4) is 0 Å². The smallest absolute Gasteiger partial charge is 0.316 e. The van der Waals surface area contributed by atoms with Gasteiger partial charge in [-0.2, -0.15) is 0 Å². The summed E-state index contributed by atoms with van der Waals surface area (Å²) in [4.78, 5) is 15.6. The van der Waals surface area contributed by atoms with E-state index < -0.39 is 11.4 Å². The van der Waals surface area contributed by atoms with Crippen molar-refractivity contribution in [1.29, 1.82) is 0 Å². The summed E-state index contributed by atoms with van der Waals surface area (Å²) in [5, 5.41) is 11.6. The number of aliphatic carboxylic acids is 1. The number of hydrogen-bond acceptors (Lipinski definition) is 4. The minimum Gasteiger partial charge on any atom is -0.481 e. The molecule has 0 atom stereocenters. The number of thiazole rings is 1. The lowest BCUT2D eigenvalue weighted by Gasteiger charge is -2.15. The largest absolute Gasteiger partial charge is 0.481 e. The van der Waals surface area contributed by atoms with Gasteiger partial charge in [0.15, 0.2) is 0 Å². The molecule has 0 bridgehead atoms. The average Bonchev–Trinajstić information content (AvgIpc) is 2.78. The van der Waals surface area contributed by atoms with Crippen LogP contribution in [0, 0.1) is 0 Å². The van der Waals surface area contributed by atoms with Crippen LogP contribution in [0.1, 0.15) is 18.9 Å². The minimum absolute atomic E-state index is 0.590. The topological polar surface area (TPSA) is 76.2 Å². The molecule has 1 heterocycles. The van der Waals surface area contributed by atoms with Crippen LogP contribution >= 0.6 is 11.3 Å².